The van der Waals surface area contributed by atoms with Gasteiger partial charge in [0.1, 0.15) is 12.4 Å². The SMILES string of the molecule is ClCc1ccc(OCc2csc3ccccc23)cc1. The van der Waals surface area contributed by atoms with Gasteiger partial charge in [-0.15, -0.1) is 22.9 Å². The van der Waals surface area contributed by atoms with Crippen LogP contribution in [0.25, 0.3) is 10.1 Å². The molecule has 96 valence electrons. The van der Waals surface area contributed by atoms with E-state index in [0.717, 1.165) is 11.3 Å². The van der Waals surface area contributed by atoms with Crippen LogP contribution in [0.15, 0.2) is 53.9 Å². The van der Waals surface area contributed by atoms with Gasteiger partial charge in [-0.1, -0.05) is 30.3 Å². The van der Waals surface area contributed by atoms with Crippen molar-refractivity contribution in [2.45, 2.75) is 12.5 Å². The lowest BCUT2D eigenvalue weighted by Crippen LogP contribution is -1.94. The van der Waals surface area contributed by atoms with Crippen molar-refractivity contribution in [1.82, 2.24) is 0 Å². The van der Waals surface area contributed by atoms with Gasteiger partial charge in [-0.25, -0.2) is 0 Å². The number of hydrogen-bond donors (Lipinski definition) is 0. The van der Waals surface area contributed by atoms with E-state index in [0.29, 0.717) is 12.5 Å². The first-order valence-electron chi connectivity index (χ1n) is 6.09. The Kier molecular flexibility index (Phi) is 3.72. The Morgan fingerprint density at radius 2 is 1.79 bits per heavy atom. The molecule has 0 aliphatic heterocycles. The fourth-order valence-corrected chi connectivity index (χ4v) is 3.11. The lowest BCUT2D eigenvalue weighted by molar-refractivity contribution is 0.308. The van der Waals surface area contributed by atoms with Crippen LogP contribution < -0.4 is 4.74 Å². The summed E-state index contributed by atoms with van der Waals surface area (Å²) in [6, 6.07) is 16.3. The second-order valence-corrected chi connectivity index (χ2v) is 5.50. The highest BCUT2D eigenvalue weighted by Crippen LogP contribution is 2.26. The zero-order valence-electron chi connectivity index (χ0n) is 10.3. The van der Waals surface area contributed by atoms with Crippen LogP contribution in [0.3, 0.4) is 0 Å². The van der Waals surface area contributed by atoms with Crippen molar-refractivity contribution in [1.29, 1.82) is 0 Å². The van der Waals surface area contributed by atoms with E-state index in [1.807, 2.05) is 24.3 Å². The van der Waals surface area contributed by atoms with Crippen LogP contribution in [-0.2, 0) is 12.5 Å². The smallest absolute Gasteiger partial charge is 0.119 e. The maximum absolute atomic E-state index is 5.82. The molecule has 0 spiro atoms. The molecule has 0 saturated carbocycles. The molecule has 0 saturated heterocycles. The third-order valence-electron chi connectivity index (χ3n) is 3.03. The summed E-state index contributed by atoms with van der Waals surface area (Å²) in [5.74, 6) is 1.42. The van der Waals surface area contributed by atoms with Crippen molar-refractivity contribution in [3.05, 3.63) is 65.0 Å². The lowest BCUT2D eigenvalue weighted by Gasteiger charge is -2.06. The molecule has 0 atom stereocenters. The summed E-state index contributed by atoms with van der Waals surface area (Å²) < 4.78 is 7.13. The first-order valence-corrected chi connectivity index (χ1v) is 7.51. The molecule has 0 bridgehead atoms. The van der Waals surface area contributed by atoms with Crippen molar-refractivity contribution >= 4 is 33.0 Å². The van der Waals surface area contributed by atoms with Crippen LogP contribution in [0.1, 0.15) is 11.1 Å². The second kappa shape index (κ2) is 5.64. The Hall–Kier alpha value is -1.51. The number of rotatable bonds is 4. The largest absolute Gasteiger partial charge is 0.489 e. The fraction of sp³-hybridized carbons (Fsp3) is 0.125. The van der Waals surface area contributed by atoms with E-state index in [4.69, 9.17) is 16.3 Å². The maximum Gasteiger partial charge on any atom is 0.119 e. The fourth-order valence-electron chi connectivity index (χ4n) is 1.98. The van der Waals surface area contributed by atoms with E-state index in [-0.39, 0.29) is 0 Å². The zero-order chi connectivity index (χ0) is 13.1. The summed E-state index contributed by atoms with van der Waals surface area (Å²) in [4.78, 5) is 0. The quantitative estimate of drug-likeness (QED) is 0.598. The molecule has 0 fully saturated rings. The van der Waals surface area contributed by atoms with E-state index in [1.165, 1.54) is 15.6 Å². The lowest BCUT2D eigenvalue weighted by atomic mass is 10.2. The number of ether oxygens (including phenoxy) is 1. The Labute approximate surface area is 121 Å². The molecule has 1 nitrogen and oxygen atoms in total. The molecule has 0 aliphatic carbocycles. The standard InChI is InChI=1S/C16H13ClOS/c17-9-12-5-7-14(8-6-12)18-10-13-11-19-16-4-2-1-3-15(13)16/h1-8,11H,9-10H2. The van der Waals surface area contributed by atoms with Gasteiger partial charge in [0.05, 0.1) is 0 Å². The summed E-state index contributed by atoms with van der Waals surface area (Å²) in [5, 5.41) is 3.45. The van der Waals surface area contributed by atoms with Gasteiger partial charge in [0, 0.05) is 16.1 Å². The average Bonchev–Trinajstić information content (AvgIpc) is 2.89. The van der Waals surface area contributed by atoms with Crippen molar-refractivity contribution in [2.24, 2.45) is 0 Å². The molecule has 1 heterocycles. The Balaban J connectivity index is 1.74. The van der Waals surface area contributed by atoms with Crippen LogP contribution >= 0.6 is 22.9 Å². The highest BCUT2D eigenvalue weighted by atomic mass is 35.5. The summed E-state index contributed by atoms with van der Waals surface area (Å²) in [7, 11) is 0. The molecule has 3 heteroatoms. The van der Waals surface area contributed by atoms with Gasteiger partial charge in [0.15, 0.2) is 0 Å². The van der Waals surface area contributed by atoms with Gasteiger partial charge in [-0.3, -0.25) is 0 Å². The molecule has 0 unspecified atom stereocenters. The number of thiophene rings is 1. The maximum atomic E-state index is 5.82. The number of benzene rings is 2. The molecule has 0 amide bonds. The summed E-state index contributed by atoms with van der Waals surface area (Å²) in [6.07, 6.45) is 0. The molecule has 3 aromatic rings. The summed E-state index contributed by atoms with van der Waals surface area (Å²) in [5.41, 5.74) is 2.34. The van der Waals surface area contributed by atoms with E-state index in [1.54, 1.807) is 11.3 Å². The van der Waals surface area contributed by atoms with Crippen LogP contribution in [0.5, 0.6) is 5.75 Å². The van der Waals surface area contributed by atoms with Crippen LogP contribution in [0.2, 0.25) is 0 Å². The van der Waals surface area contributed by atoms with Gasteiger partial charge in [0.25, 0.3) is 0 Å². The third-order valence-corrected chi connectivity index (χ3v) is 4.35. The summed E-state index contributed by atoms with van der Waals surface area (Å²) >= 11 is 7.52. The van der Waals surface area contributed by atoms with E-state index >= 15 is 0 Å². The zero-order valence-corrected chi connectivity index (χ0v) is 11.9. The highest BCUT2D eigenvalue weighted by Gasteiger charge is 2.04. The topological polar surface area (TPSA) is 9.23 Å². The number of fused-ring (bicyclic) bond motifs is 1. The molecule has 2 aromatic carbocycles. The Morgan fingerprint density at radius 3 is 2.58 bits per heavy atom. The minimum atomic E-state index is 0.537. The molecule has 1 aromatic heterocycles. The van der Waals surface area contributed by atoms with Crippen molar-refractivity contribution < 1.29 is 4.74 Å². The van der Waals surface area contributed by atoms with Gasteiger partial charge in [-0.05, 0) is 34.5 Å². The minimum absolute atomic E-state index is 0.537. The summed E-state index contributed by atoms with van der Waals surface area (Å²) in [6.45, 7) is 0.601. The molecule has 0 radical (unpaired) electrons. The molecular weight excluding hydrogens is 276 g/mol. The average molecular weight is 289 g/mol. The van der Waals surface area contributed by atoms with Crippen LogP contribution in [0.4, 0.5) is 0 Å². The van der Waals surface area contributed by atoms with Gasteiger partial charge >= 0.3 is 0 Å². The normalized spacial score (nSPS) is 10.8. The monoisotopic (exact) mass is 288 g/mol. The minimum Gasteiger partial charge on any atom is -0.489 e. The van der Waals surface area contributed by atoms with E-state index in [9.17, 15) is 0 Å². The predicted octanol–water partition coefficient (Wildman–Crippen LogP) is 5.22. The molecule has 3 rings (SSSR count). The Bertz CT molecular complexity index is 673. The third kappa shape index (κ3) is 2.75. The van der Waals surface area contributed by atoms with E-state index < -0.39 is 0 Å². The highest BCUT2D eigenvalue weighted by molar-refractivity contribution is 7.17. The molecular formula is C16H13ClOS. The van der Waals surface area contributed by atoms with Crippen molar-refractivity contribution in [3.63, 3.8) is 0 Å². The number of alkyl halides is 1. The first-order chi connectivity index (χ1) is 9.36. The molecule has 0 N–H and O–H groups in total. The molecule has 19 heavy (non-hydrogen) atoms. The number of halogens is 1. The van der Waals surface area contributed by atoms with Gasteiger partial charge in [0.2, 0.25) is 0 Å². The number of hydrogen-bond acceptors (Lipinski definition) is 2. The Morgan fingerprint density at radius 1 is 1.00 bits per heavy atom. The first kappa shape index (κ1) is 12.5. The van der Waals surface area contributed by atoms with Crippen molar-refractivity contribution in [2.75, 3.05) is 0 Å². The molecule has 0 aliphatic rings. The van der Waals surface area contributed by atoms with E-state index in [2.05, 4.69) is 29.6 Å². The van der Waals surface area contributed by atoms with Gasteiger partial charge < -0.3 is 4.74 Å². The second-order valence-electron chi connectivity index (χ2n) is 4.32. The van der Waals surface area contributed by atoms with Crippen molar-refractivity contribution in [3.8, 4) is 5.75 Å². The van der Waals surface area contributed by atoms with Gasteiger partial charge in [-0.2, -0.15) is 0 Å². The predicted molar refractivity (Wildman–Crippen MR) is 82.2 cm³/mol. The van der Waals surface area contributed by atoms with Crippen LogP contribution in [0, 0.1) is 0 Å². The van der Waals surface area contributed by atoms with Crippen LogP contribution in [-0.4, -0.2) is 0 Å².